The zero-order chi connectivity index (χ0) is 15.6. The molecule has 3 N–H and O–H groups in total. The second kappa shape index (κ2) is 5.96. The van der Waals surface area contributed by atoms with E-state index in [1.54, 1.807) is 24.3 Å². The minimum atomic E-state index is -0.680. The van der Waals surface area contributed by atoms with Crippen LogP contribution >= 0.6 is 15.9 Å². The first-order chi connectivity index (χ1) is 9.90. The summed E-state index contributed by atoms with van der Waals surface area (Å²) in [6, 6.07) is 7.02. The molecule has 2 aromatic rings. The normalized spacial score (nSPS) is 10.4. The van der Waals surface area contributed by atoms with E-state index in [0.717, 1.165) is 9.13 Å². The number of anilines is 2. The Morgan fingerprint density at radius 1 is 1.33 bits per heavy atom. The number of nitrogens with two attached hydrogens (primary N) is 1. The van der Waals surface area contributed by atoms with Gasteiger partial charge in [0.2, 0.25) is 5.91 Å². The number of rotatable bonds is 3. The molecule has 0 spiro atoms. The van der Waals surface area contributed by atoms with E-state index in [9.17, 15) is 14.4 Å². The fraction of sp³-hybridized carbons (Fsp3) is 0.154. The van der Waals surface area contributed by atoms with E-state index < -0.39 is 23.7 Å². The molecule has 0 fully saturated rings. The molecule has 0 unspecified atom stereocenters. The van der Waals surface area contributed by atoms with Gasteiger partial charge in [0, 0.05) is 17.7 Å². The molecule has 110 valence electrons. The zero-order valence-electron chi connectivity index (χ0n) is 11.2. The number of hydrogen-bond acceptors (Lipinski definition) is 4. The third kappa shape index (κ3) is 3.22. The molecule has 0 aliphatic heterocycles. The number of nitrogens with one attached hydrogen (secondary N) is 1. The van der Waals surface area contributed by atoms with E-state index >= 15 is 0 Å². The maximum Gasteiger partial charge on any atom is 0.331 e. The summed E-state index contributed by atoms with van der Waals surface area (Å²) in [5.74, 6) is -0.494. The standard InChI is InChI=1S/C13H13BrN4O3/c1-17-6-9(15)12(20)18(13(17)21)7-11(19)16-10-5-3-2-4-8(10)14/h2-6H,7,15H2,1H3,(H,16,19). The van der Waals surface area contributed by atoms with Crippen LogP contribution in [0.1, 0.15) is 0 Å². The highest BCUT2D eigenvalue weighted by atomic mass is 79.9. The van der Waals surface area contributed by atoms with Crippen molar-refractivity contribution < 1.29 is 4.79 Å². The van der Waals surface area contributed by atoms with Crippen LogP contribution in [0.15, 0.2) is 44.5 Å². The largest absolute Gasteiger partial charge is 0.393 e. The monoisotopic (exact) mass is 352 g/mol. The topological polar surface area (TPSA) is 99.1 Å². The Bertz CT molecular complexity index is 776. The minimum Gasteiger partial charge on any atom is -0.393 e. The quantitative estimate of drug-likeness (QED) is 0.841. The van der Waals surface area contributed by atoms with Gasteiger partial charge >= 0.3 is 5.69 Å². The van der Waals surface area contributed by atoms with Crippen LogP contribution in [-0.2, 0) is 18.4 Å². The molecule has 1 aromatic carbocycles. The molecule has 2 rings (SSSR count). The second-order valence-electron chi connectivity index (χ2n) is 4.40. The maximum absolute atomic E-state index is 12.0. The zero-order valence-corrected chi connectivity index (χ0v) is 12.8. The highest BCUT2D eigenvalue weighted by molar-refractivity contribution is 9.10. The first-order valence-corrected chi connectivity index (χ1v) is 6.80. The number of hydrogen-bond donors (Lipinski definition) is 2. The number of carbonyl (C=O) groups excluding carboxylic acids is 1. The van der Waals surface area contributed by atoms with E-state index in [4.69, 9.17) is 5.73 Å². The van der Waals surface area contributed by atoms with E-state index in [0.29, 0.717) is 10.2 Å². The molecule has 0 aliphatic carbocycles. The number of aryl methyl sites for hydroxylation is 1. The Hall–Kier alpha value is -2.35. The Balaban J connectivity index is 2.27. The smallest absolute Gasteiger partial charge is 0.331 e. The average Bonchev–Trinajstić information content (AvgIpc) is 2.44. The Labute approximate surface area is 128 Å². The lowest BCUT2D eigenvalue weighted by Gasteiger charge is -2.10. The predicted molar refractivity (Wildman–Crippen MR) is 83.1 cm³/mol. The molecule has 0 bridgehead atoms. The molecule has 0 radical (unpaired) electrons. The van der Waals surface area contributed by atoms with Crippen LogP contribution in [0.5, 0.6) is 0 Å². The van der Waals surface area contributed by atoms with Crippen LogP contribution in [0.3, 0.4) is 0 Å². The van der Waals surface area contributed by atoms with Gasteiger partial charge in [0.1, 0.15) is 12.2 Å². The first kappa shape index (κ1) is 15.0. The summed E-state index contributed by atoms with van der Waals surface area (Å²) in [6.07, 6.45) is 1.23. The molecule has 0 saturated carbocycles. The van der Waals surface area contributed by atoms with Gasteiger partial charge in [-0.25, -0.2) is 9.36 Å². The van der Waals surface area contributed by atoms with Crippen molar-refractivity contribution in [3.8, 4) is 0 Å². The highest BCUT2D eigenvalue weighted by Crippen LogP contribution is 2.20. The van der Waals surface area contributed by atoms with Crippen LogP contribution in [0, 0.1) is 0 Å². The third-order valence-electron chi connectivity index (χ3n) is 2.81. The number of halogens is 1. The summed E-state index contributed by atoms with van der Waals surface area (Å²) in [6.45, 7) is -0.405. The number of para-hydroxylation sites is 1. The van der Waals surface area contributed by atoms with Crippen molar-refractivity contribution in [3.63, 3.8) is 0 Å². The molecule has 7 nitrogen and oxygen atoms in total. The van der Waals surface area contributed by atoms with Crippen LogP contribution in [0.2, 0.25) is 0 Å². The lowest BCUT2D eigenvalue weighted by molar-refractivity contribution is -0.116. The van der Waals surface area contributed by atoms with Crippen molar-refractivity contribution in [3.05, 3.63) is 55.8 Å². The summed E-state index contributed by atoms with van der Waals surface area (Å²) < 4.78 is 2.65. The van der Waals surface area contributed by atoms with Gasteiger partial charge in [0.15, 0.2) is 0 Å². The van der Waals surface area contributed by atoms with E-state index in [2.05, 4.69) is 21.2 Å². The number of amides is 1. The van der Waals surface area contributed by atoms with Crippen molar-refractivity contribution in [1.82, 2.24) is 9.13 Å². The highest BCUT2D eigenvalue weighted by Gasteiger charge is 2.12. The summed E-state index contributed by atoms with van der Waals surface area (Å²) in [5.41, 5.74) is 4.69. The summed E-state index contributed by atoms with van der Waals surface area (Å²) in [4.78, 5) is 35.7. The van der Waals surface area contributed by atoms with Gasteiger partial charge < -0.3 is 15.6 Å². The number of carbonyl (C=O) groups is 1. The van der Waals surface area contributed by atoms with Crippen LogP contribution in [0.4, 0.5) is 11.4 Å². The first-order valence-electron chi connectivity index (χ1n) is 6.00. The molecule has 0 atom stereocenters. The van der Waals surface area contributed by atoms with Crippen LogP contribution < -0.4 is 22.3 Å². The molecular formula is C13H13BrN4O3. The summed E-state index contributed by atoms with van der Waals surface area (Å²) in [7, 11) is 1.46. The van der Waals surface area contributed by atoms with Gasteiger partial charge in [-0.05, 0) is 28.1 Å². The number of nitrogens with zero attached hydrogens (tertiary/aromatic N) is 2. The Morgan fingerprint density at radius 3 is 2.67 bits per heavy atom. The summed E-state index contributed by atoms with van der Waals surface area (Å²) in [5, 5.41) is 2.62. The predicted octanol–water partition coefficient (Wildman–Crippen LogP) is 0.530. The van der Waals surface area contributed by atoms with Gasteiger partial charge in [-0.3, -0.25) is 9.59 Å². The molecular weight excluding hydrogens is 340 g/mol. The van der Waals surface area contributed by atoms with Gasteiger partial charge in [-0.1, -0.05) is 12.1 Å². The fourth-order valence-corrected chi connectivity index (χ4v) is 2.17. The van der Waals surface area contributed by atoms with E-state index in [1.807, 2.05) is 0 Å². The number of aromatic nitrogens is 2. The van der Waals surface area contributed by atoms with Gasteiger partial charge in [-0.2, -0.15) is 0 Å². The Morgan fingerprint density at radius 2 is 2.00 bits per heavy atom. The fourth-order valence-electron chi connectivity index (χ4n) is 1.79. The van der Waals surface area contributed by atoms with Crippen LogP contribution in [-0.4, -0.2) is 15.0 Å². The third-order valence-corrected chi connectivity index (χ3v) is 3.50. The van der Waals surface area contributed by atoms with Gasteiger partial charge in [0.05, 0.1) is 5.69 Å². The Kier molecular flexibility index (Phi) is 4.27. The SMILES string of the molecule is Cn1cc(N)c(=O)n(CC(=O)Nc2ccccc2Br)c1=O. The minimum absolute atomic E-state index is 0.0919. The van der Waals surface area contributed by atoms with Gasteiger partial charge in [-0.15, -0.1) is 0 Å². The van der Waals surface area contributed by atoms with Gasteiger partial charge in [0.25, 0.3) is 5.56 Å². The van der Waals surface area contributed by atoms with Crippen LogP contribution in [0.25, 0.3) is 0 Å². The molecule has 0 aliphatic rings. The van der Waals surface area contributed by atoms with E-state index in [1.165, 1.54) is 13.2 Å². The second-order valence-corrected chi connectivity index (χ2v) is 5.25. The van der Waals surface area contributed by atoms with E-state index in [-0.39, 0.29) is 5.69 Å². The molecule has 8 heteroatoms. The average molecular weight is 353 g/mol. The van der Waals surface area contributed by atoms with Crippen molar-refractivity contribution in [2.45, 2.75) is 6.54 Å². The van der Waals surface area contributed by atoms with Crippen molar-refractivity contribution in [2.75, 3.05) is 11.1 Å². The lowest BCUT2D eigenvalue weighted by Crippen LogP contribution is -2.42. The molecule has 0 saturated heterocycles. The maximum atomic E-state index is 12.0. The molecule has 21 heavy (non-hydrogen) atoms. The van der Waals surface area contributed by atoms with Crippen molar-refractivity contribution >= 4 is 33.2 Å². The van der Waals surface area contributed by atoms with Crippen molar-refractivity contribution in [1.29, 1.82) is 0 Å². The number of nitrogen functional groups attached to an aromatic ring is 1. The molecule has 1 heterocycles. The molecule has 1 aromatic heterocycles. The van der Waals surface area contributed by atoms with Crippen molar-refractivity contribution in [2.24, 2.45) is 7.05 Å². The number of benzene rings is 1. The summed E-state index contributed by atoms with van der Waals surface area (Å²) >= 11 is 3.29. The molecule has 1 amide bonds. The lowest BCUT2D eigenvalue weighted by atomic mass is 10.3.